The molecule has 0 radical (unpaired) electrons. The monoisotopic (exact) mass is 493 g/mol. The zero-order valence-electron chi connectivity index (χ0n) is 21.4. The molecule has 1 N–H and O–H groups in total. The number of amides is 1. The fourth-order valence-electron chi connectivity index (χ4n) is 5.11. The van der Waals surface area contributed by atoms with Crippen molar-refractivity contribution in [2.45, 2.75) is 51.7 Å². The van der Waals surface area contributed by atoms with Crippen LogP contribution in [-0.4, -0.2) is 71.2 Å². The van der Waals surface area contributed by atoms with Crippen molar-refractivity contribution in [1.29, 1.82) is 0 Å². The first-order valence-electron chi connectivity index (χ1n) is 12.9. The number of hydrogen-bond acceptors (Lipinski definition) is 5. The van der Waals surface area contributed by atoms with Gasteiger partial charge in [-0.1, -0.05) is 37.7 Å². The minimum absolute atomic E-state index is 0.0522. The molecule has 1 saturated carbocycles. The van der Waals surface area contributed by atoms with Crippen LogP contribution in [0.2, 0.25) is 0 Å². The predicted molar refractivity (Wildman–Crippen MR) is 137 cm³/mol. The molecule has 1 aromatic carbocycles. The molecule has 7 heteroatoms. The number of halogens is 1. The highest BCUT2D eigenvalue weighted by atomic mass is 19.1. The average Bonchev–Trinajstić information content (AvgIpc) is 3.37. The van der Waals surface area contributed by atoms with E-state index in [1.165, 1.54) is 37.8 Å². The summed E-state index contributed by atoms with van der Waals surface area (Å²) in [5.74, 6) is 6.40. The van der Waals surface area contributed by atoms with Crippen LogP contribution in [0.25, 0.3) is 0 Å². The molecule has 6 nitrogen and oxygen atoms in total. The Labute approximate surface area is 213 Å². The minimum atomic E-state index is -0.353. The first-order valence-corrected chi connectivity index (χ1v) is 12.9. The van der Waals surface area contributed by atoms with Crippen LogP contribution in [0.15, 0.2) is 36.5 Å². The number of aliphatic hydroxyl groups is 1. The lowest BCUT2D eigenvalue weighted by Crippen LogP contribution is -2.50. The van der Waals surface area contributed by atoms with Crippen molar-refractivity contribution in [2.75, 3.05) is 33.3 Å². The van der Waals surface area contributed by atoms with Gasteiger partial charge in [-0.05, 0) is 57.0 Å². The number of nitrogens with zero attached hydrogens (tertiary/aromatic N) is 3. The largest absolute Gasteiger partial charge is 0.472 e. The fraction of sp³-hybridized carbons (Fsp3) is 0.517. The molecule has 1 aliphatic carbocycles. The maximum Gasteiger partial charge on any atom is 0.259 e. The van der Waals surface area contributed by atoms with Gasteiger partial charge in [-0.2, -0.15) is 0 Å². The van der Waals surface area contributed by atoms with Crippen LogP contribution in [0.4, 0.5) is 4.39 Å². The van der Waals surface area contributed by atoms with E-state index in [9.17, 15) is 14.3 Å². The second kappa shape index (κ2) is 11.9. The number of fused-ring (bicyclic) bond motifs is 1. The van der Waals surface area contributed by atoms with Crippen LogP contribution >= 0.6 is 0 Å². The topological polar surface area (TPSA) is 65.9 Å². The Bertz CT molecular complexity index is 1120. The van der Waals surface area contributed by atoms with Gasteiger partial charge in [0.1, 0.15) is 17.5 Å². The van der Waals surface area contributed by atoms with Gasteiger partial charge in [0.2, 0.25) is 5.88 Å². The lowest BCUT2D eigenvalue weighted by Gasteiger charge is -2.38. The van der Waals surface area contributed by atoms with E-state index in [-0.39, 0.29) is 42.3 Å². The lowest BCUT2D eigenvalue weighted by atomic mass is 9.99. The van der Waals surface area contributed by atoms with E-state index in [0.29, 0.717) is 23.2 Å². The first-order chi connectivity index (χ1) is 17.3. The molecule has 0 bridgehead atoms. The Morgan fingerprint density at radius 2 is 1.97 bits per heavy atom. The average molecular weight is 494 g/mol. The molecule has 1 aromatic heterocycles. The van der Waals surface area contributed by atoms with Crippen LogP contribution in [0.3, 0.4) is 0 Å². The number of aromatic nitrogens is 1. The summed E-state index contributed by atoms with van der Waals surface area (Å²) in [5.41, 5.74) is 1.41. The highest BCUT2D eigenvalue weighted by molar-refractivity contribution is 5.97. The van der Waals surface area contributed by atoms with Crippen molar-refractivity contribution in [3.8, 4) is 17.7 Å². The smallest absolute Gasteiger partial charge is 0.259 e. The number of likely N-dealkylation sites (N-methyl/N-ethyl adjacent to an activating group) is 1. The predicted octanol–water partition coefficient (Wildman–Crippen LogP) is 3.96. The maximum atomic E-state index is 13.6. The third-order valence-corrected chi connectivity index (χ3v) is 7.23. The molecule has 1 amide bonds. The third-order valence-electron chi connectivity index (χ3n) is 7.23. The molecule has 192 valence electrons. The number of carbonyl (C=O) groups is 1. The van der Waals surface area contributed by atoms with Crippen LogP contribution in [0, 0.1) is 29.5 Å². The molecule has 36 heavy (non-hydrogen) atoms. The highest BCUT2D eigenvalue weighted by Crippen LogP contribution is 2.29. The molecule has 3 atom stereocenters. The normalized spacial score (nSPS) is 21.3. The van der Waals surface area contributed by atoms with E-state index in [2.05, 4.69) is 35.7 Å². The molecular formula is C29H36FN3O3. The number of rotatable bonds is 6. The number of benzene rings is 1. The van der Waals surface area contributed by atoms with Crippen molar-refractivity contribution in [3.63, 3.8) is 0 Å². The SMILES string of the molecule is C[C@@H]1CN([C@H](C)CO)C(=O)c2cc(C#Cc3cccc(F)c3)cnc2O[C@H]1CN(C)CC1CCCC1. The van der Waals surface area contributed by atoms with Gasteiger partial charge < -0.3 is 19.6 Å². The minimum Gasteiger partial charge on any atom is -0.472 e. The van der Waals surface area contributed by atoms with Crippen LogP contribution in [-0.2, 0) is 0 Å². The summed E-state index contributed by atoms with van der Waals surface area (Å²) in [5, 5.41) is 9.86. The summed E-state index contributed by atoms with van der Waals surface area (Å²) in [7, 11) is 2.13. The van der Waals surface area contributed by atoms with E-state index in [4.69, 9.17) is 4.74 Å². The zero-order valence-corrected chi connectivity index (χ0v) is 21.4. The first kappa shape index (κ1) is 26.1. The van der Waals surface area contributed by atoms with E-state index in [1.807, 2.05) is 6.92 Å². The van der Waals surface area contributed by atoms with E-state index in [1.54, 1.807) is 29.3 Å². The van der Waals surface area contributed by atoms with E-state index in [0.717, 1.165) is 19.0 Å². The van der Waals surface area contributed by atoms with Crippen LogP contribution in [0.1, 0.15) is 61.0 Å². The molecule has 1 fully saturated rings. The molecule has 2 aliphatic rings. The molecule has 4 rings (SSSR count). The van der Waals surface area contributed by atoms with Gasteiger partial charge >= 0.3 is 0 Å². The van der Waals surface area contributed by atoms with Gasteiger partial charge in [0.15, 0.2) is 0 Å². The van der Waals surface area contributed by atoms with Crippen molar-refractivity contribution in [3.05, 3.63) is 59.0 Å². The third kappa shape index (κ3) is 6.43. The van der Waals surface area contributed by atoms with Gasteiger partial charge in [0, 0.05) is 42.9 Å². The number of aliphatic hydroxyl groups excluding tert-OH is 1. The van der Waals surface area contributed by atoms with Crippen LogP contribution < -0.4 is 4.74 Å². The standard InChI is InChI=1S/C29H36FN3O3/c1-20-16-33(21(2)19-34)29(35)26-14-24(12-11-22-9-6-10-25(30)13-22)15-31-28(26)36-27(20)18-32(3)17-23-7-4-5-8-23/h6,9-10,13-15,20-21,23,27,34H,4-5,7-8,16-19H2,1-3H3/t20-,21-,27+/m1/s1. The second-order valence-electron chi connectivity index (χ2n) is 10.3. The second-order valence-corrected chi connectivity index (χ2v) is 10.3. The summed E-state index contributed by atoms with van der Waals surface area (Å²) >= 11 is 0. The Kier molecular flexibility index (Phi) is 8.60. The lowest BCUT2D eigenvalue weighted by molar-refractivity contribution is 0.0320. The van der Waals surface area contributed by atoms with Crippen molar-refractivity contribution in [2.24, 2.45) is 11.8 Å². The van der Waals surface area contributed by atoms with Crippen molar-refractivity contribution >= 4 is 5.91 Å². The quantitative estimate of drug-likeness (QED) is 0.617. The Balaban J connectivity index is 1.61. The van der Waals surface area contributed by atoms with Gasteiger partial charge in [-0.15, -0.1) is 0 Å². The number of hydrogen-bond donors (Lipinski definition) is 1. The molecule has 0 spiro atoms. The highest BCUT2D eigenvalue weighted by Gasteiger charge is 2.34. The number of carbonyl (C=O) groups excluding carboxylic acids is 1. The zero-order chi connectivity index (χ0) is 25.7. The Morgan fingerprint density at radius 1 is 1.22 bits per heavy atom. The molecule has 0 unspecified atom stereocenters. The van der Waals surface area contributed by atoms with E-state index < -0.39 is 0 Å². The van der Waals surface area contributed by atoms with Gasteiger partial charge in [0.25, 0.3) is 5.91 Å². The summed E-state index contributed by atoms with van der Waals surface area (Å²) in [6.45, 7) is 6.04. The summed E-state index contributed by atoms with van der Waals surface area (Å²) in [6.07, 6.45) is 6.62. The van der Waals surface area contributed by atoms with Crippen molar-refractivity contribution in [1.82, 2.24) is 14.8 Å². The number of ether oxygens (including phenoxy) is 1. The summed E-state index contributed by atoms with van der Waals surface area (Å²) < 4.78 is 19.9. The summed E-state index contributed by atoms with van der Waals surface area (Å²) in [4.78, 5) is 22.1. The Hall–Kier alpha value is -2.95. The summed E-state index contributed by atoms with van der Waals surface area (Å²) in [6, 6.07) is 7.40. The maximum absolute atomic E-state index is 13.6. The molecular weight excluding hydrogens is 457 g/mol. The molecule has 2 aromatic rings. The van der Waals surface area contributed by atoms with Gasteiger partial charge in [-0.3, -0.25) is 4.79 Å². The van der Waals surface area contributed by atoms with Gasteiger partial charge in [0.05, 0.1) is 12.6 Å². The fourth-order valence-corrected chi connectivity index (χ4v) is 5.11. The molecule has 1 aliphatic heterocycles. The molecule has 2 heterocycles. The molecule has 0 saturated heterocycles. The Morgan fingerprint density at radius 3 is 2.69 bits per heavy atom. The van der Waals surface area contributed by atoms with Crippen molar-refractivity contribution < 1.29 is 19.0 Å². The number of pyridine rings is 1. The van der Waals surface area contributed by atoms with Crippen LogP contribution in [0.5, 0.6) is 5.88 Å². The van der Waals surface area contributed by atoms with Gasteiger partial charge in [-0.25, -0.2) is 9.37 Å². The van der Waals surface area contributed by atoms with E-state index >= 15 is 0 Å².